The Hall–Kier alpha value is -2.78. The fourth-order valence-corrected chi connectivity index (χ4v) is 3.70. The molecule has 3 aromatic rings. The van der Waals surface area contributed by atoms with Gasteiger partial charge in [-0.1, -0.05) is 0 Å². The van der Waals surface area contributed by atoms with Gasteiger partial charge in [0.05, 0.1) is 27.5 Å². The maximum atomic E-state index is 12.5. The lowest BCUT2D eigenvalue weighted by molar-refractivity contribution is 0.0319. The molecule has 140 valence electrons. The van der Waals surface area contributed by atoms with Gasteiger partial charge in [0.2, 0.25) is 15.8 Å². The second-order valence-corrected chi connectivity index (χ2v) is 8.53. The molecule has 2 aromatic carbocycles. The van der Waals surface area contributed by atoms with Crippen LogP contribution in [0.5, 0.6) is 0 Å². The summed E-state index contributed by atoms with van der Waals surface area (Å²) >= 11 is 1.41. The number of hydrogen-bond donors (Lipinski definition) is 1. The minimum Gasteiger partial charge on any atom is -0.451 e. The number of nitrogens with one attached hydrogen (secondary N) is 1. The third-order valence-corrected chi connectivity index (χ3v) is 5.09. The van der Waals surface area contributed by atoms with Crippen LogP contribution >= 0.6 is 11.3 Å². The molecular formula is C18H16N2O5S2. The number of carbonyl (C=O) groups excluding carboxylic acids is 2. The Balaban J connectivity index is 1.68. The second-order valence-electron chi connectivity index (χ2n) is 5.90. The molecular weight excluding hydrogens is 388 g/mol. The summed E-state index contributed by atoms with van der Waals surface area (Å²) in [4.78, 5) is 28.9. The van der Waals surface area contributed by atoms with E-state index in [4.69, 9.17) is 4.74 Å². The largest absolute Gasteiger partial charge is 0.451 e. The molecule has 0 saturated carbocycles. The molecule has 7 nitrogen and oxygen atoms in total. The summed E-state index contributed by atoms with van der Waals surface area (Å²) in [7, 11) is -3.39. The maximum Gasteiger partial charge on any atom is 0.338 e. The van der Waals surface area contributed by atoms with E-state index in [-0.39, 0.29) is 5.78 Å². The highest BCUT2D eigenvalue weighted by molar-refractivity contribution is 7.92. The molecule has 0 aliphatic heterocycles. The molecule has 0 bridgehead atoms. The van der Waals surface area contributed by atoms with E-state index < -0.39 is 22.1 Å². The van der Waals surface area contributed by atoms with E-state index in [1.165, 1.54) is 42.5 Å². The van der Waals surface area contributed by atoms with Crippen LogP contribution in [-0.2, 0) is 14.8 Å². The van der Waals surface area contributed by atoms with Crippen LogP contribution in [0.3, 0.4) is 0 Å². The number of aromatic nitrogens is 1. The molecule has 0 saturated heterocycles. The third kappa shape index (κ3) is 4.69. The monoisotopic (exact) mass is 404 g/mol. The average molecular weight is 404 g/mol. The molecule has 0 unspecified atom stereocenters. The van der Waals surface area contributed by atoms with E-state index in [1.807, 2.05) is 0 Å². The molecule has 0 fully saturated rings. The van der Waals surface area contributed by atoms with Crippen LogP contribution in [0.15, 0.2) is 48.0 Å². The molecule has 1 atom stereocenters. The topological polar surface area (TPSA) is 102 Å². The summed E-state index contributed by atoms with van der Waals surface area (Å²) in [5, 5.41) is 0. The van der Waals surface area contributed by atoms with Crippen molar-refractivity contribution in [2.45, 2.75) is 13.0 Å². The van der Waals surface area contributed by atoms with Gasteiger partial charge in [-0.05, 0) is 49.4 Å². The SMILES string of the molecule is C[C@@H](OC(=O)c1ccc2ncsc2c1)C(=O)c1ccc(NS(C)(=O)=O)cc1. The lowest BCUT2D eigenvalue weighted by Crippen LogP contribution is -2.24. The highest BCUT2D eigenvalue weighted by atomic mass is 32.2. The van der Waals surface area contributed by atoms with Gasteiger partial charge >= 0.3 is 5.97 Å². The third-order valence-electron chi connectivity index (χ3n) is 3.69. The summed E-state index contributed by atoms with van der Waals surface area (Å²) in [6.07, 6.45) is 0.0559. The van der Waals surface area contributed by atoms with Gasteiger partial charge < -0.3 is 4.74 Å². The maximum absolute atomic E-state index is 12.5. The normalized spacial score (nSPS) is 12.5. The number of anilines is 1. The second kappa shape index (κ2) is 7.45. The summed E-state index contributed by atoms with van der Waals surface area (Å²) in [6, 6.07) is 10.9. The lowest BCUT2D eigenvalue weighted by Gasteiger charge is -2.13. The van der Waals surface area contributed by atoms with Crippen molar-refractivity contribution in [3.05, 3.63) is 59.1 Å². The van der Waals surface area contributed by atoms with Crippen molar-refractivity contribution in [2.75, 3.05) is 11.0 Å². The number of rotatable bonds is 6. The standard InChI is InChI=1S/C18H16N2O5S2/c1-11(17(21)12-3-6-14(7-4-12)20-27(2,23)24)25-18(22)13-5-8-15-16(9-13)26-10-19-15/h3-11,20H,1-2H3/t11-/m1/s1. The number of hydrogen-bond acceptors (Lipinski definition) is 7. The first-order chi connectivity index (χ1) is 12.7. The number of nitrogens with zero attached hydrogens (tertiary/aromatic N) is 1. The van der Waals surface area contributed by atoms with Gasteiger partial charge in [0.15, 0.2) is 6.10 Å². The van der Waals surface area contributed by atoms with Gasteiger partial charge in [-0.15, -0.1) is 11.3 Å². The van der Waals surface area contributed by atoms with E-state index in [0.717, 1.165) is 16.5 Å². The van der Waals surface area contributed by atoms with Gasteiger partial charge in [0, 0.05) is 11.3 Å². The zero-order chi connectivity index (χ0) is 19.6. The van der Waals surface area contributed by atoms with Crippen molar-refractivity contribution in [1.82, 2.24) is 4.98 Å². The first-order valence-corrected chi connectivity index (χ1v) is 10.7. The minimum atomic E-state index is -3.39. The molecule has 0 aliphatic carbocycles. The molecule has 27 heavy (non-hydrogen) atoms. The Labute approximate surface area is 160 Å². The summed E-state index contributed by atoms with van der Waals surface area (Å²) < 4.78 is 30.9. The molecule has 0 spiro atoms. The van der Waals surface area contributed by atoms with Gasteiger partial charge in [0.1, 0.15) is 0 Å². The van der Waals surface area contributed by atoms with Crippen LogP contribution in [0, 0.1) is 0 Å². The average Bonchev–Trinajstić information content (AvgIpc) is 3.08. The summed E-state index contributed by atoms with van der Waals surface area (Å²) in [5.74, 6) is -0.977. The molecule has 1 aromatic heterocycles. The molecule has 0 amide bonds. The van der Waals surface area contributed by atoms with Crippen molar-refractivity contribution in [1.29, 1.82) is 0 Å². The number of benzene rings is 2. The van der Waals surface area contributed by atoms with Crippen molar-refractivity contribution < 1.29 is 22.7 Å². The van der Waals surface area contributed by atoms with E-state index in [2.05, 4.69) is 9.71 Å². The number of fused-ring (bicyclic) bond motifs is 1. The van der Waals surface area contributed by atoms with Crippen molar-refractivity contribution in [3.63, 3.8) is 0 Å². The van der Waals surface area contributed by atoms with Crippen LogP contribution in [-0.4, -0.2) is 37.5 Å². The number of thiazole rings is 1. The zero-order valence-corrected chi connectivity index (χ0v) is 16.1. The number of esters is 1. The number of Topliss-reactive ketones (excluding diaryl/α,β-unsaturated/α-hetero) is 1. The summed E-state index contributed by atoms with van der Waals surface area (Å²) in [6.45, 7) is 1.49. The number of ether oxygens (including phenoxy) is 1. The van der Waals surface area contributed by atoms with Crippen molar-refractivity contribution in [3.8, 4) is 0 Å². The number of ketones is 1. The quantitative estimate of drug-likeness (QED) is 0.500. The molecule has 1 heterocycles. The van der Waals surface area contributed by atoms with Crippen LogP contribution < -0.4 is 4.72 Å². The smallest absolute Gasteiger partial charge is 0.338 e. The Bertz CT molecular complexity index is 1100. The minimum absolute atomic E-state index is 0.312. The predicted octanol–water partition coefficient (Wildman–Crippen LogP) is 3.10. The van der Waals surface area contributed by atoms with Crippen molar-refractivity contribution in [2.24, 2.45) is 0 Å². The fourth-order valence-electron chi connectivity index (χ4n) is 2.42. The Morgan fingerprint density at radius 3 is 2.44 bits per heavy atom. The molecule has 0 radical (unpaired) electrons. The van der Waals surface area contributed by atoms with Gasteiger partial charge in [-0.2, -0.15) is 0 Å². The summed E-state index contributed by atoms with van der Waals surface area (Å²) in [5.41, 5.74) is 3.49. The van der Waals surface area contributed by atoms with Crippen molar-refractivity contribution >= 4 is 49.0 Å². The van der Waals surface area contributed by atoms with Crippen LogP contribution in [0.2, 0.25) is 0 Å². The van der Waals surface area contributed by atoms with Gasteiger partial charge in [0.25, 0.3) is 0 Å². The highest BCUT2D eigenvalue weighted by Gasteiger charge is 2.21. The zero-order valence-electron chi connectivity index (χ0n) is 14.5. The van der Waals surface area contributed by atoms with Gasteiger partial charge in [-0.25, -0.2) is 18.2 Å². The molecule has 3 rings (SSSR count). The lowest BCUT2D eigenvalue weighted by atomic mass is 10.1. The Morgan fingerprint density at radius 1 is 1.11 bits per heavy atom. The molecule has 1 N–H and O–H groups in total. The first kappa shape index (κ1) is 19.0. The van der Waals surface area contributed by atoms with E-state index >= 15 is 0 Å². The van der Waals surface area contributed by atoms with E-state index in [0.29, 0.717) is 16.8 Å². The van der Waals surface area contributed by atoms with E-state index in [1.54, 1.807) is 23.7 Å². The number of sulfonamides is 1. The number of carbonyl (C=O) groups is 2. The highest BCUT2D eigenvalue weighted by Crippen LogP contribution is 2.20. The fraction of sp³-hybridized carbons (Fsp3) is 0.167. The van der Waals surface area contributed by atoms with Crippen LogP contribution in [0.4, 0.5) is 5.69 Å². The van der Waals surface area contributed by atoms with Crippen LogP contribution in [0.1, 0.15) is 27.6 Å². The van der Waals surface area contributed by atoms with E-state index in [9.17, 15) is 18.0 Å². The van der Waals surface area contributed by atoms with Crippen LogP contribution in [0.25, 0.3) is 10.2 Å². The first-order valence-electron chi connectivity index (χ1n) is 7.89. The molecule has 0 aliphatic rings. The molecule has 9 heteroatoms. The van der Waals surface area contributed by atoms with Gasteiger partial charge in [-0.3, -0.25) is 9.52 Å². The Morgan fingerprint density at radius 2 is 1.78 bits per heavy atom. The Kier molecular flexibility index (Phi) is 5.24. The predicted molar refractivity (Wildman–Crippen MR) is 104 cm³/mol.